The van der Waals surface area contributed by atoms with Crippen molar-refractivity contribution in [2.24, 2.45) is 11.8 Å². The Morgan fingerprint density at radius 2 is 2.16 bits per heavy atom. The van der Waals surface area contributed by atoms with Crippen LogP contribution in [0, 0.1) is 25.7 Å². The molecular weight excluding hydrogens is 318 g/mol. The third kappa shape index (κ3) is 2.56. The van der Waals surface area contributed by atoms with Gasteiger partial charge < -0.3 is 19.8 Å². The highest BCUT2D eigenvalue weighted by Crippen LogP contribution is 2.44. The molecule has 1 amide bonds. The van der Waals surface area contributed by atoms with Crippen molar-refractivity contribution in [1.82, 2.24) is 15.4 Å². The Balaban J connectivity index is 1.74. The van der Waals surface area contributed by atoms with Crippen LogP contribution in [-0.2, 0) is 6.61 Å². The summed E-state index contributed by atoms with van der Waals surface area (Å²) >= 11 is 0. The molecule has 0 aliphatic carbocycles. The minimum absolute atomic E-state index is 0.0252. The largest absolute Gasteiger partial charge is 0.391 e. The number of amides is 1. The molecule has 2 aliphatic heterocycles. The Morgan fingerprint density at radius 1 is 1.36 bits per heavy atom. The van der Waals surface area contributed by atoms with E-state index in [9.17, 15) is 9.90 Å². The number of rotatable bonds is 3. The molecule has 4 rings (SSSR count). The van der Waals surface area contributed by atoms with E-state index in [1.165, 1.54) is 11.1 Å². The van der Waals surface area contributed by atoms with Gasteiger partial charge in [-0.2, -0.15) is 0 Å². The van der Waals surface area contributed by atoms with Crippen LogP contribution in [0.3, 0.4) is 0 Å². The van der Waals surface area contributed by atoms with E-state index in [0.717, 1.165) is 13.1 Å². The number of aryl methyl sites for hydroxylation is 2. The van der Waals surface area contributed by atoms with E-state index >= 15 is 0 Å². The lowest BCUT2D eigenvalue weighted by Crippen LogP contribution is -2.35. The smallest absolute Gasteiger partial charge is 0.276 e. The van der Waals surface area contributed by atoms with Crippen molar-refractivity contribution in [3.05, 3.63) is 52.4 Å². The Labute approximate surface area is 146 Å². The van der Waals surface area contributed by atoms with E-state index in [1.54, 1.807) is 6.92 Å². The van der Waals surface area contributed by atoms with Crippen molar-refractivity contribution in [2.45, 2.75) is 26.5 Å². The third-order valence-corrected chi connectivity index (χ3v) is 5.68. The highest BCUT2D eigenvalue weighted by Gasteiger charge is 2.48. The monoisotopic (exact) mass is 341 g/mol. The summed E-state index contributed by atoms with van der Waals surface area (Å²) in [6.07, 6.45) is 0. The van der Waals surface area contributed by atoms with Crippen LogP contribution in [0.4, 0.5) is 0 Å². The Bertz CT molecular complexity index is 801. The molecule has 1 aromatic heterocycles. The predicted molar refractivity (Wildman–Crippen MR) is 92.0 cm³/mol. The van der Waals surface area contributed by atoms with Gasteiger partial charge in [0.25, 0.3) is 5.91 Å². The van der Waals surface area contributed by atoms with Crippen LogP contribution in [0.1, 0.15) is 39.0 Å². The molecule has 0 unspecified atom stereocenters. The summed E-state index contributed by atoms with van der Waals surface area (Å²) in [4.78, 5) is 15.2. The number of carbonyl (C=O) groups excluding carboxylic acids is 1. The van der Waals surface area contributed by atoms with Gasteiger partial charge in [-0.3, -0.25) is 4.79 Å². The van der Waals surface area contributed by atoms with Crippen LogP contribution in [0.5, 0.6) is 0 Å². The zero-order valence-electron chi connectivity index (χ0n) is 14.5. The summed E-state index contributed by atoms with van der Waals surface area (Å²) in [5.74, 6) is 1.19. The lowest BCUT2D eigenvalue weighted by molar-refractivity contribution is 0.0700. The van der Waals surface area contributed by atoms with Crippen LogP contribution in [0.25, 0.3) is 0 Å². The summed E-state index contributed by atoms with van der Waals surface area (Å²) in [6.45, 7) is 6.11. The van der Waals surface area contributed by atoms with Crippen molar-refractivity contribution in [2.75, 3.05) is 19.6 Å². The second-order valence-corrected chi connectivity index (χ2v) is 7.07. The minimum Gasteiger partial charge on any atom is -0.391 e. The average Bonchev–Trinajstić information content (AvgIpc) is 3.28. The fourth-order valence-corrected chi connectivity index (χ4v) is 4.33. The van der Waals surface area contributed by atoms with Crippen molar-refractivity contribution < 1.29 is 14.4 Å². The molecule has 1 aromatic carbocycles. The summed E-state index contributed by atoms with van der Waals surface area (Å²) in [6, 6.07) is 8.28. The van der Waals surface area contributed by atoms with Crippen molar-refractivity contribution in [1.29, 1.82) is 0 Å². The number of hydrogen-bond acceptors (Lipinski definition) is 5. The summed E-state index contributed by atoms with van der Waals surface area (Å²) in [7, 11) is 0. The second kappa shape index (κ2) is 6.28. The van der Waals surface area contributed by atoms with Crippen LogP contribution in [0.2, 0.25) is 0 Å². The lowest BCUT2D eigenvalue weighted by atomic mass is 9.87. The zero-order valence-corrected chi connectivity index (χ0v) is 14.5. The molecule has 0 spiro atoms. The van der Waals surface area contributed by atoms with Crippen LogP contribution in [-0.4, -0.2) is 40.7 Å². The van der Waals surface area contributed by atoms with Gasteiger partial charge in [-0.1, -0.05) is 29.4 Å². The Kier molecular flexibility index (Phi) is 4.09. The average molecular weight is 341 g/mol. The van der Waals surface area contributed by atoms with Crippen molar-refractivity contribution in [3.63, 3.8) is 0 Å². The molecule has 2 fully saturated rings. The van der Waals surface area contributed by atoms with Crippen LogP contribution >= 0.6 is 0 Å². The maximum absolute atomic E-state index is 13.2. The number of likely N-dealkylation sites (tertiary alicyclic amines) is 1. The van der Waals surface area contributed by atoms with E-state index in [4.69, 9.17) is 4.52 Å². The third-order valence-electron chi connectivity index (χ3n) is 5.68. The zero-order chi connectivity index (χ0) is 17.6. The van der Waals surface area contributed by atoms with E-state index in [0.29, 0.717) is 29.7 Å². The predicted octanol–water partition coefficient (Wildman–Crippen LogP) is 1.82. The lowest BCUT2D eigenvalue weighted by Gasteiger charge is -2.29. The van der Waals surface area contributed by atoms with Gasteiger partial charge >= 0.3 is 0 Å². The van der Waals surface area contributed by atoms with Gasteiger partial charge in [0, 0.05) is 25.6 Å². The molecule has 0 radical (unpaired) electrons. The molecule has 132 valence electrons. The highest BCUT2D eigenvalue weighted by molar-refractivity contribution is 5.94. The first-order valence-corrected chi connectivity index (χ1v) is 8.75. The molecule has 2 aliphatic rings. The number of aromatic nitrogens is 1. The van der Waals surface area contributed by atoms with Crippen LogP contribution < -0.4 is 5.32 Å². The van der Waals surface area contributed by atoms with Gasteiger partial charge in [-0.05, 0) is 30.9 Å². The van der Waals surface area contributed by atoms with E-state index in [2.05, 4.69) is 29.5 Å². The fraction of sp³-hybridized carbons (Fsp3) is 0.474. The van der Waals surface area contributed by atoms with Gasteiger partial charge in [-0.25, -0.2) is 0 Å². The maximum atomic E-state index is 13.2. The Hall–Kier alpha value is -2.18. The SMILES string of the molecule is Cc1ccccc1[C@@H]1[C@H]2CNC[C@H]2CN1C(=O)c1noc(C)c1CO. The quantitative estimate of drug-likeness (QED) is 0.890. The minimum atomic E-state index is -0.242. The van der Waals surface area contributed by atoms with E-state index in [-0.39, 0.29) is 24.2 Å². The molecule has 3 heterocycles. The number of aliphatic hydroxyl groups excluding tert-OH is 1. The molecule has 2 aromatic rings. The molecule has 0 bridgehead atoms. The molecule has 2 N–H and O–H groups in total. The van der Waals surface area contributed by atoms with Gasteiger partial charge in [0.05, 0.1) is 18.2 Å². The molecular formula is C19H23N3O3. The molecule has 3 atom stereocenters. The van der Waals surface area contributed by atoms with Crippen molar-refractivity contribution >= 4 is 5.91 Å². The van der Waals surface area contributed by atoms with E-state index in [1.807, 2.05) is 17.0 Å². The standard InChI is InChI=1S/C19H23N3O3/c1-11-5-3-4-6-14(11)18-15-8-20-7-13(15)9-22(18)19(24)17-16(10-23)12(2)25-21-17/h3-6,13,15,18,20,23H,7-10H2,1-2H3/t13-,15-,18+/m0/s1. The summed E-state index contributed by atoms with van der Waals surface area (Å²) in [5.41, 5.74) is 3.12. The first-order valence-electron chi connectivity index (χ1n) is 8.75. The number of carbonyl (C=O) groups is 1. The summed E-state index contributed by atoms with van der Waals surface area (Å²) in [5, 5.41) is 17.0. The van der Waals surface area contributed by atoms with Gasteiger partial charge in [0.1, 0.15) is 5.76 Å². The van der Waals surface area contributed by atoms with Gasteiger partial charge in [0.15, 0.2) is 5.69 Å². The molecule has 25 heavy (non-hydrogen) atoms. The molecule has 2 saturated heterocycles. The molecule has 6 heteroatoms. The Morgan fingerprint density at radius 3 is 2.92 bits per heavy atom. The number of hydrogen-bond donors (Lipinski definition) is 2. The molecule has 6 nitrogen and oxygen atoms in total. The number of benzene rings is 1. The molecule has 0 saturated carbocycles. The summed E-state index contributed by atoms with van der Waals surface area (Å²) < 4.78 is 5.16. The maximum Gasteiger partial charge on any atom is 0.276 e. The van der Waals surface area contributed by atoms with Crippen LogP contribution in [0.15, 0.2) is 28.8 Å². The van der Waals surface area contributed by atoms with Gasteiger partial charge in [0.2, 0.25) is 0 Å². The fourth-order valence-electron chi connectivity index (χ4n) is 4.33. The number of aliphatic hydroxyl groups is 1. The van der Waals surface area contributed by atoms with E-state index < -0.39 is 0 Å². The number of fused-ring (bicyclic) bond motifs is 1. The second-order valence-electron chi connectivity index (χ2n) is 7.07. The number of nitrogens with zero attached hydrogens (tertiary/aromatic N) is 2. The highest BCUT2D eigenvalue weighted by atomic mass is 16.5. The first-order chi connectivity index (χ1) is 12.1. The van der Waals surface area contributed by atoms with Gasteiger partial charge in [-0.15, -0.1) is 0 Å². The number of nitrogens with one attached hydrogen (secondary N) is 1. The van der Waals surface area contributed by atoms with Crippen molar-refractivity contribution in [3.8, 4) is 0 Å². The normalized spacial score (nSPS) is 25.4. The topological polar surface area (TPSA) is 78.6 Å². The first kappa shape index (κ1) is 16.3.